The molecule has 128 valence electrons. The van der Waals surface area contributed by atoms with Gasteiger partial charge in [-0.2, -0.15) is 5.10 Å². The molecule has 4 aliphatic carbocycles. The Bertz CT molecular complexity index is 710. The van der Waals surface area contributed by atoms with Crippen LogP contribution >= 0.6 is 11.6 Å². The Labute approximate surface area is 146 Å². The maximum Gasteiger partial charge on any atom is 0.222 e. The number of nitrogens with zero attached hydrogens (tertiary/aromatic N) is 4. The maximum absolute atomic E-state index is 6.13. The average molecular weight is 347 g/mol. The van der Waals surface area contributed by atoms with E-state index in [1.165, 1.54) is 38.5 Å². The third kappa shape index (κ3) is 2.40. The molecule has 6 rings (SSSR count). The van der Waals surface area contributed by atoms with Crippen LogP contribution in [0.4, 0.5) is 0 Å². The van der Waals surface area contributed by atoms with Gasteiger partial charge in [-0.3, -0.25) is 4.68 Å². The Balaban J connectivity index is 1.32. The van der Waals surface area contributed by atoms with Gasteiger partial charge in [-0.1, -0.05) is 11.6 Å². The molecule has 0 aromatic carbocycles. The molecule has 0 unspecified atom stereocenters. The summed E-state index contributed by atoms with van der Waals surface area (Å²) in [5.41, 5.74) is 1.04. The lowest BCUT2D eigenvalue weighted by Gasteiger charge is -2.55. The molecule has 0 amide bonds. The molecule has 4 fully saturated rings. The third-order valence-electron chi connectivity index (χ3n) is 6.40. The fourth-order valence-corrected chi connectivity index (χ4v) is 5.91. The van der Waals surface area contributed by atoms with E-state index in [9.17, 15) is 0 Å². The zero-order valence-electron chi connectivity index (χ0n) is 14.0. The van der Waals surface area contributed by atoms with Gasteiger partial charge in [0.2, 0.25) is 11.8 Å². The zero-order valence-corrected chi connectivity index (χ0v) is 14.8. The highest BCUT2D eigenvalue weighted by molar-refractivity contribution is 6.31. The average Bonchev–Trinajstić information content (AvgIpc) is 3.12. The fourth-order valence-electron chi connectivity index (χ4n) is 5.76. The summed E-state index contributed by atoms with van der Waals surface area (Å²) in [4.78, 5) is 0. The van der Waals surface area contributed by atoms with E-state index in [2.05, 4.69) is 15.3 Å². The monoisotopic (exact) mass is 346 g/mol. The highest BCUT2D eigenvalue weighted by Crippen LogP contribution is 2.60. The minimum atomic E-state index is 0.186. The molecule has 0 spiro atoms. The zero-order chi connectivity index (χ0) is 16.3. The quantitative estimate of drug-likeness (QED) is 0.841. The van der Waals surface area contributed by atoms with Crippen molar-refractivity contribution < 1.29 is 4.42 Å². The molecular formula is C18H23ClN4O. The van der Waals surface area contributed by atoms with Gasteiger partial charge >= 0.3 is 0 Å². The molecule has 24 heavy (non-hydrogen) atoms. The van der Waals surface area contributed by atoms with Gasteiger partial charge in [-0.25, -0.2) is 0 Å². The van der Waals surface area contributed by atoms with Gasteiger partial charge in [0.05, 0.1) is 10.7 Å². The number of hydrogen-bond acceptors (Lipinski definition) is 4. The van der Waals surface area contributed by atoms with E-state index in [1.54, 1.807) is 0 Å². The number of rotatable bonds is 4. The van der Waals surface area contributed by atoms with E-state index in [4.69, 9.17) is 16.0 Å². The van der Waals surface area contributed by atoms with Crippen LogP contribution in [-0.2, 0) is 18.4 Å². The van der Waals surface area contributed by atoms with Crippen molar-refractivity contribution in [2.75, 3.05) is 0 Å². The van der Waals surface area contributed by atoms with Gasteiger partial charge in [0.1, 0.15) is 0 Å². The van der Waals surface area contributed by atoms with Gasteiger partial charge in [0.15, 0.2) is 0 Å². The van der Waals surface area contributed by atoms with E-state index in [0.717, 1.165) is 41.8 Å². The van der Waals surface area contributed by atoms with Crippen molar-refractivity contribution in [2.45, 2.75) is 63.8 Å². The van der Waals surface area contributed by atoms with Crippen LogP contribution in [-0.4, -0.2) is 20.0 Å². The second kappa shape index (κ2) is 5.32. The topological polar surface area (TPSA) is 56.7 Å². The SMILES string of the molecule is Cc1nn(CCc2nnc(C34CC5CC(CC(C5)C3)C4)o2)cc1Cl. The molecule has 0 N–H and O–H groups in total. The first-order valence-electron chi connectivity index (χ1n) is 9.12. The normalized spacial score (nSPS) is 34.2. The van der Waals surface area contributed by atoms with Gasteiger partial charge < -0.3 is 4.42 Å². The summed E-state index contributed by atoms with van der Waals surface area (Å²) in [6, 6.07) is 0. The van der Waals surface area contributed by atoms with E-state index in [0.29, 0.717) is 11.4 Å². The van der Waals surface area contributed by atoms with E-state index >= 15 is 0 Å². The molecule has 6 heteroatoms. The lowest BCUT2D eigenvalue weighted by Crippen LogP contribution is -2.48. The molecule has 2 heterocycles. The molecule has 2 aromatic heterocycles. The van der Waals surface area contributed by atoms with E-state index in [1.807, 2.05) is 17.8 Å². The molecule has 4 bridgehead atoms. The summed E-state index contributed by atoms with van der Waals surface area (Å²) in [5, 5.41) is 13.9. The van der Waals surface area contributed by atoms with Crippen LogP contribution in [0, 0.1) is 24.7 Å². The summed E-state index contributed by atoms with van der Waals surface area (Å²) >= 11 is 6.06. The highest BCUT2D eigenvalue weighted by atomic mass is 35.5. The first kappa shape index (κ1) is 14.9. The third-order valence-corrected chi connectivity index (χ3v) is 6.77. The van der Waals surface area contributed by atoms with Gasteiger partial charge in [0, 0.05) is 24.6 Å². The predicted molar refractivity (Wildman–Crippen MR) is 89.8 cm³/mol. The molecule has 0 saturated heterocycles. The molecule has 5 nitrogen and oxygen atoms in total. The van der Waals surface area contributed by atoms with Crippen molar-refractivity contribution in [1.82, 2.24) is 20.0 Å². The van der Waals surface area contributed by atoms with Crippen LogP contribution in [0.3, 0.4) is 0 Å². The Morgan fingerprint density at radius 1 is 1.17 bits per heavy atom. The molecule has 0 radical (unpaired) electrons. The Hall–Kier alpha value is -1.36. The van der Waals surface area contributed by atoms with Crippen molar-refractivity contribution in [3.05, 3.63) is 28.7 Å². The molecular weight excluding hydrogens is 324 g/mol. The van der Waals surface area contributed by atoms with Gasteiger partial charge in [-0.15, -0.1) is 10.2 Å². The molecule has 0 atom stereocenters. The summed E-state index contributed by atoms with van der Waals surface area (Å²) in [6.07, 6.45) is 10.6. The van der Waals surface area contributed by atoms with Crippen LogP contribution < -0.4 is 0 Å². The van der Waals surface area contributed by atoms with Crippen LogP contribution in [0.25, 0.3) is 0 Å². The van der Waals surface area contributed by atoms with Gasteiger partial charge in [0.25, 0.3) is 0 Å². The lowest BCUT2D eigenvalue weighted by atomic mass is 9.49. The van der Waals surface area contributed by atoms with E-state index in [-0.39, 0.29) is 5.41 Å². The standard InChI is InChI=1S/C18H23ClN4O/c1-11-15(19)10-23(22-11)3-2-16-20-21-17(24-16)18-7-12-4-13(8-18)6-14(5-12)9-18/h10,12-14H,2-9H2,1H3. The minimum Gasteiger partial charge on any atom is -0.425 e. The van der Waals surface area contributed by atoms with Crippen molar-refractivity contribution in [3.8, 4) is 0 Å². The summed E-state index contributed by atoms with van der Waals surface area (Å²) in [7, 11) is 0. The van der Waals surface area contributed by atoms with Crippen LogP contribution in [0.2, 0.25) is 5.02 Å². The fraction of sp³-hybridized carbons (Fsp3) is 0.722. The molecule has 2 aromatic rings. The summed E-state index contributed by atoms with van der Waals surface area (Å²) in [6.45, 7) is 2.63. The van der Waals surface area contributed by atoms with Gasteiger partial charge in [-0.05, 0) is 63.2 Å². The maximum atomic E-state index is 6.13. The molecule has 0 aliphatic heterocycles. The number of aryl methyl sites for hydroxylation is 3. The number of aromatic nitrogens is 4. The minimum absolute atomic E-state index is 0.186. The lowest BCUT2D eigenvalue weighted by molar-refractivity contribution is -0.0182. The van der Waals surface area contributed by atoms with Crippen molar-refractivity contribution in [3.63, 3.8) is 0 Å². The number of halogens is 1. The first-order valence-corrected chi connectivity index (χ1v) is 9.50. The molecule has 4 saturated carbocycles. The van der Waals surface area contributed by atoms with Crippen LogP contribution in [0.5, 0.6) is 0 Å². The first-order chi connectivity index (χ1) is 11.6. The second-order valence-electron chi connectivity index (χ2n) is 8.27. The van der Waals surface area contributed by atoms with Crippen LogP contribution in [0.15, 0.2) is 10.6 Å². The Kier molecular flexibility index (Phi) is 3.31. The van der Waals surface area contributed by atoms with Crippen molar-refractivity contribution in [1.29, 1.82) is 0 Å². The largest absolute Gasteiger partial charge is 0.425 e. The summed E-state index contributed by atoms with van der Waals surface area (Å²) < 4.78 is 7.98. The smallest absolute Gasteiger partial charge is 0.222 e. The van der Waals surface area contributed by atoms with E-state index < -0.39 is 0 Å². The predicted octanol–water partition coefficient (Wildman–Crippen LogP) is 3.94. The second-order valence-corrected chi connectivity index (χ2v) is 8.68. The Morgan fingerprint density at radius 2 is 1.83 bits per heavy atom. The van der Waals surface area contributed by atoms with Crippen LogP contribution in [0.1, 0.15) is 56.0 Å². The summed E-state index contributed by atoms with van der Waals surface area (Å²) in [5.74, 6) is 4.30. The van der Waals surface area contributed by atoms with Crippen molar-refractivity contribution >= 4 is 11.6 Å². The number of hydrogen-bond donors (Lipinski definition) is 0. The highest BCUT2D eigenvalue weighted by Gasteiger charge is 2.54. The molecule has 4 aliphatic rings. The Morgan fingerprint density at radius 3 is 2.42 bits per heavy atom. The van der Waals surface area contributed by atoms with Crippen molar-refractivity contribution in [2.24, 2.45) is 17.8 Å².